The third-order valence-corrected chi connectivity index (χ3v) is 3.74. The van der Waals surface area contributed by atoms with Crippen molar-refractivity contribution in [2.75, 3.05) is 33.3 Å². The predicted molar refractivity (Wildman–Crippen MR) is 96.8 cm³/mol. The van der Waals surface area contributed by atoms with Crippen molar-refractivity contribution in [2.45, 2.75) is 6.10 Å². The third-order valence-electron chi connectivity index (χ3n) is 3.74. The molecule has 2 heterocycles. The summed E-state index contributed by atoms with van der Waals surface area (Å²) in [5.41, 5.74) is 0. The molecule has 0 spiro atoms. The number of nitrogens with one attached hydrogen (secondary N) is 3. The fourth-order valence-corrected chi connectivity index (χ4v) is 2.45. The predicted octanol–water partition coefficient (Wildman–Crippen LogP) is 1.01. The Labute approximate surface area is 151 Å². The minimum Gasteiger partial charge on any atom is -0.486 e. The quantitative estimate of drug-likeness (QED) is 0.405. The van der Waals surface area contributed by atoms with Gasteiger partial charge in [0.25, 0.3) is 5.91 Å². The Kier molecular flexibility index (Phi) is 5.97. The van der Waals surface area contributed by atoms with Crippen LogP contribution in [-0.4, -0.2) is 51.3 Å². The Morgan fingerprint density at radius 2 is 1.92 bits per heavy atom. The maximum absolute atomic E-state index is 11.7. The molecular weight excluding hydrogens is 336 g/mol. The summed E-state index contributed by atoms with van der Waals surface area (Å²) in [6.45, 7) is 1.99. The van der Waals surface area contributed by atoms with Crippen LogP contribution in [0.3, 0.4) is 0 Å². The van der Waals surface area contributed by atoms with Gasteiger partial charge in [0.1, 0.15) is 12.7 Å². The Hall–Kier alpha value is -3.16. The number of furan rings is 1. The van der Waals surface area contributed by atoms with Gasteiger partial charge in [-0.25, -0.2) is 0 Å². The molecule has 3 N–H and O–H groups in total. The van der Waals surface area contributed by atoms with Crippen LogP contribution in [0, 0.1) is 0 Å². The van der Waals surface area contributed by atoms with Crippen molar-refractivity contribution >= 4 is 11.9 Å². The number of fused-ring (bicyclic) bond motifs is 1. The molecule has 1 aromatic heterocycles. The van der Waals surface area contributed by atoms with Crippen LogP contribution in [0.15, 0.2) is 52.1 Å². The molecule has 1 aliphatic heterocycles. The number of rotatable bonds is 6. The molecule has 0 fully saturated rings. The van der Waals surface area contributed by atoms with Gasteiger partial charge in [0.15, 0.2) is 23.2 Å². The van der Waals surface area contributed by atoms with Crippen molar-refractivity contribution in [1.29, 1.82) is 0 Å². The fourth-order valence-electron chi connectivity index (χ4n) is 2.45. The van der Waals surface area contributed by atoms with E-state index in [-0.39, 0.29) is 12.0 Å². The lowest BCUT2D eigenvalue weighted by atomic mass is 10.2. The number of nitrogens with zero attached hydrogens (tertiary/aromatic N) is 1. The molecule has 0 saturated carbocycles. The lowest BCUT2D eigenvalue weighted by molar-refractivity contribution is 0.0926. The van der Waals surface area contributed by atoms with E-state index in [1.54, 1.807) is 19.2 Å². The molecule has 8 nitrogen and oxygen atoms in total. The van der Waals surface area contributed by atoms with Crippen LogP contribution in [0.1, 0.15) is 10.6 Å². The molecule has 0 bridgehead atoms. The van der Waals surface area contributed by atoms with Crippen LogP contribution >= 0.6 is 0 Å². The molecule has 2 aromatic rings. The molecule has 1 amide bonds. The summed E-state index contributed by atoms with van der Waals surface area (Å²) in [5.74, 6) is 2.18. The summed E-state index contributed by atoms with van der Waals surface area (Å²) in [4.78, 5) is 15.9. The van der Waals surface area contributed by atoms with Gasteiger partial charge in [-0.15, -0.1) is 0 Å². The number of carbonyl (C=O) groups is 1. The molecule has 3 rings (SSSR count). The Morgan fingerprint density at radius 3 is 2.69 bits per heavy atom. The number of guanidine groups is 1. The number of aliphatic imine (C=N–C) groups is 1. The van der Waals surface area contributed by atoms with Crippen LogP contribution in [0.4, 0.5) is 0 Å². The van der Waals surface area contributed by atoms with Crippen LogP contribution in [0.5, 0.6) is 11.5 Å². The van der Waals surface area contributed by atoms with E-state index in [1.165, 1.54) is 6.26 Å². The van der Waals surface area contributed by atoms with Crippen molar-refractivity contribution in [3.8, 4) is 11.5 Å². The minimum atomic E-state index is -0.244. The van der Waals surface area contributed by atoms with E-state index in [2.05, 4.69) is 20.9 Å². The summed E-state index contributed by atoms with van der Waals surface area (Å²) in [7, 11) is 1.68. The van der Waals surface area contributed by atoms with Crippen molar-refractivity contribution in [1.82, 2.24) is 16.0 Å². The van der Waals surface area contributed by atoms with Gasteiger partial charge in [-0.2, -0.15) is 0 Å². The van der Waals surface area contributed by atoms with Gasteiger partial charge in [-0.3, -0.25) is 9.79 Å². The van der Waals surface area contributed by atoms with Crippen LogP contribution in [-0.2, 0) is 0 Å². The molecule has 1 aliphatic rings. The zero-order valence-electron chi connectivity index (χ0n) is 14.5. The highest BCUT2D eigenvalue weighted by Gasteiger charge is 2.20. The largest absolute Gasteiger partial charge is 0.486 e. The summed E-state index contributed by atoms with van der Waals surface area (Å²) in [6.07, 6.45) is 1.36. The van der Waals surface area contributed by atoms with Crippen molar-refractivity contribution < 1.29 is 18.7 Å². The van der Waals surface area contributed by atoms with E-state index in [0.717, 1.165) is 11.5 Å². The highest BCUT2D eigenvalue weighted by atomic mass is 16.6. The van der Waals surface area contributed by atoms with Gasteiger partial charge in [0.05, 0.1) is 12.8 Å². The van der Waals surface area contributed by atoms with Crippen molar-refractivity contribution in [3.63, 3.8) is 0 Å². The standard InChI is InChI=1S/C18H22N4O4/c1-19-18(21-9-8-20-17(23)16-7-4-10-24-16)22-11-13-12-25-14-5-2-3-6-15(14)26-13/h2-7,10,13H,8-9,11-12H2,1H3,(H,20,23)(H2,19,21,22). The lowest BCUT2D eigenvalue weighted by Gasteiger charge is -2.27. The van der Waals surface area contributed by atoms with Crippen molar-refractivity contribution in [3.05, 3.63) is 48.4 Å². The Balaban J connectivity index is 1.35. The smallest absolute Gasteiger partial charge is 0.287 e. The molecule has 26 heavy (non-hydrogen) atoms. The van der Waals surface area contributed by atoms with Crippen LogP contribution in [0.25, 0.3) is 0 Å². The summed E-state index contributed by atoms with van der Waals surface area (Å²) < 4.78 is 16.6. The zero-order valence-corrected chi connectivity index (χ0v) is 14.5. The number of ether oxygens (including phenoxy) is 2. The van der Waals surface area contributed by atoms with Gasteiger partial charge >= 0.3 is 0 Å². The first-order chi connectivity index (χ1) is 12.8. The van der Waals surface area contributed by atoms with Crippen molar-refractivity contribution in [2.24, 2.45) is 4.99 Å². The van der Waals surface area contributed by atoms with Crippen LogP contribution < -0.4 is 25.4 Å². The molecule has 1 aromatic carbocycles. The summed E-state index contributed by atoms with van der Waals surface area (Å²) in [5, 5.41) is 9.07. The summed E-state index contributed by atoms with van der Waals surface area (Å²) >= 11 is 0. The molecule has 1 atom stereocenters. The Morgan fingerprint density at radius 1 is 1.12 bits per heavy atom. The topological polar surface area (TPSA) is 97.1 Å². The van der Waals surface area contributed by atoms with Gasteiger partial charge in [0, 0.05) is 20.1 Å². The second-order valence-electron chi connectivity index (χ2n) is 5.61. The highest BCUT2D eigenvalue weighted by molar-refractivity contribution is 5.91. The first kappa shape index (κ1) is 17.7. The van der Waals surface area contributed by atoms with Gasteiger partial charge < -0.3 is 29.8 Å². The second kappa shape index (κ2) is 8.80. The zero-order chi connectivity index (χ0) is 18.2. The van der Waals surface area contributed by atoms with E-state index >= 15 is 0 Å². The third kappa shape index (κ3) is 4.69. The van der Waals surface area contributed by atoms with E-state index < -0.39 is 0 Å². The Bertz CT molecular complexity index is 745. The SMILES string of the molecule is CN=C(NCCNC(=O)c1ccco1)NCC1COc2ccccc2O1. The first-order valence-corrected chi connectivity index (χ1v) is 8.41. The monoisotopic (exact) mass is 358 g/mol. The van der Waals surface area contributed by atoms with Gasteiger partial charge in [-0.05, 0) is 24.3 Å². The van der Waals surface area contributed by atoms with E-state index in [1.807, 2.05) is 24.3 Å². The molecule has 0 radical (unpaired) electrons. The average Bonchev–Trinajstić information content (AvgIpc) is 3.22. The normalized spacial score (nSPS) is 16.0. The minimum absolute atomic E-state index is 0.109. The number of hydrogen-bond acceptors (Lipinski definition) is 5. The number of hydrogen-bond donors (Lipinski definition) is 3. The highest BCUT2D eigenvalue weighted by Crippen LogP contribution is 2.30. The maximum atomic E-state index is 11.7. The van der Waals surface area contributed by atoms with E-state index in [0.29, 0.717) is 38.0 Å². The number of amides is 1. The van der Waals surface area contributed by atoms with Crippen LogP contribution in [0.2, 0.25) is 0 Å². The van der Waals surface area contributed by atoms with Gasteiger partial charge in [-0.1, -0.05) is 12.1 Å². The molecule has 8 heteroatoms. The van der Waals surface area contributed by atoms with E-state index in [4.69, 9.17) is 13.9 Å². The molecule has 138 valence electrons. The van der Waals surface area contributed by atoms with Gasteiger partial charge in [0.2, 0.25) is 0 Å². The lowest BCUT2D eigenvalue weighted by Crippen LogP contribution is -2.46. The average molecular weight is 358 g/mol. The first-order valence-electron chi connectivity index (χ1n) is 8.41. The second-order valence-corrected chi connectivity index (χ2v) is 5.61. The summed E-state index contributed by atoms with van der Waals surface area (Å²) in [6, 6.07) is 10.9. The molecule has 0 aliphatic carbocycles. The van der Waals surface area contributed by atoms with E-state index in [9.17, 15) is 4.79 Å². The number of para-hydroxylation sites is 2. The molecular formula is C18H22N4O4. The molecule has 1 unspecified atom stereocenters. The molecule has 0 saturated heterocycles. The number of benzene rings is 1. The number of carbonyl (C=O) groups excluding carboxylic acids is 1. The maximum Gasteiger partial charge on any atom is 0.287 e. The fraction of sp³-hybridized carbons (Fsp3) is 0.333.